The minimum atomic E-state index is -0.729. The van der Waals surface area contributed by atoms with E-state index in [-0.39, 0.29) is 11.1 Å². The standard InChI is InChI=1S/C8H6FN3O2/c1-14-8(13)4-2-3-5-7(6(4)9)11-12-10-5/h2-3H,1H3,(H,10,11,12). The Balaban J connectivity index is 2.67. The maximum absolute atomic E-state index is 13.5. The van der Waals surface area contributed by atoms with E-state index in [0.29, 0.717) is 5.52 Å². The fourth-order valence-electron chi connectivity index (χ4n) is 1.15. The number of nitrogens with one attached hydrogen (secondary N) is 1. The summed E-state index contributed by atoms with van der Waals surface area (Å²) in [5.74, 6) is -1.45. The van der Waals surface area contributed by atoms with Crippen molar-refractivity contribution in [1.82, 2.24) is 15.4 Å². The van der Waals surface area contributed by atoms with Crippen LogP contribution in [-0.4, -0.2) is 28.5 Å². The second-order valence-electron chi connectivity index (χ2n) is 2.63. The van der Waals surface area contributed by atoms with Crippen LogP contribution in [0.15, 0.2) is 12.1 Å². The Morgan fingerprint density at radius 3 is 3.07 bits per heavy atom. The average molecular weight is 195 g/mol. The second-order valence-corrected chi connectivity index (χ2v) is 2.63. The van der Waals surface area contributed by atoms with Crippen LogP contribution in [0.25, 0.3) is 11.0 Å². The van der Waals surface area contributed by atoms with Gasteiger partial charge < -0.3 is 4.74 Å². The van der Waals surface area contributed by atoms with Crippen molar-refractivity contribution in [3.8, 4) is 0 Å². The van der Waals surface area contributed by atoms with Gasteiger partial charge in [0.25, 0.3) is 0 Å². The molecule has 6 heteroatoms. The van der Waals surface area contributed by atoms with Gasteiger partial charge in [-0.15, -0.1) is 5.10 Å². The minimum Gasteiger partial charge on any atom is -0.465 e. The number of halogens is 1. The molecule has 0 amide bonds. The van der Waals surface area contributed by atoms with Crippen LogP contribution in [0.3, 0.4) is 0 Å². The fourth-order valence-corrected chi connectivity index (χ4v) is 1.15. The summed E-state index contributed by atoms with van der Waals surface area (Å²) in [6.45, 7) is 0. The highest BCUT2D eigenvalue weighted by Gasteiger charge is 2.16. The van der Waals surface area contributed by atoms with Gasteiger partial charge in [0.1, 0.15) is 5.52 Å². The van der Waals surface area contributed by atoms with Gasteiger partial charge in [0, 0.05) is 0 Å². The first kappa shape index (κ1) is 8.61. The van der Waals surface area contributed by atoms with E-state index in [9.17, 15) is 9.18 Å². The Morgan fingerprint density at radius 2 is 2.36 bits per heavy atom. The molecular weight excluding hydrogens is 189 g/mol. The zero-order chi connectivity index (χ0) is 10.1. The molecule has 0 atom stereocenters. The third-order valence-corrected chi connectivity index (χ3v) is 1.84. The van der Waals surface area contributed by atoms with Gasteiger partial charge in [-0.3, -0.25) is 5.10 Å². The molecule has 2 rings (SSSR count). The van der Waals surface area contributed by atoms with Gasteiger partial charge in [0.2, 0.25) is 0 Å². The molecule has 0 bridgehead atoms. The number of H-pyrrole nitrogens is 1. The van der Waals surface area contributed by atoms with Crippen molar-refractivity contribution >= 4 is 17.0 Å². The smallest absolute Gasteiger partial charge is 0.340 e. The number of carbonyl (C=O) groups excluding carboxylic acids is 1. The van der Waals surface area contributed by atoms with Crippen molar-refractivity contribution in [2.24, 2.45) is 0 Å². The first-order valence-electron chi connectivity index (χ1n) is 3.81. The van der Waals surface area contributed by atoms with E-state index in [1.54, 1.807) is 0 Å². The molecule has 0 aliphatic rings. The Bertz CT molecular complexity index is 494. The molecule has 0 saturated heterocycles. The average Bonchev–Trinajstić information content (AvgIpc) is 2.66. The Hall–Kier alpha value is -1.98. The van der Waals surface area contributed by atoms with Crippen LogP contribution in [0.1, 0.15) is 10.4 Å². The molecule has 2 aromatic rings. The van der Waals surface area contributed by atoms with Crippen LogP contribution in [0, 0.1) is 5.82 Å². The van der Waals surface area contributed by atoms with Crippen LogP contribution < -0.4 is 0 Å². The first-order chi connectivity index (χ1) is 6.74. The molecular formula is C8H6FN3O2. The molecule has 72 valence electrons. The Labute approximate surface area is 77.9 Å². The molecule has 0 aliphatic heterocycles. The highest BCUT2D eigenvalue weighted by atomic mass is 19.1. The third-order valence-electron chi connectivity index (χ3n) is 1.84. The molecule has 0 aliphatic carbocycles. The van der Waals surface area contributed by atoms with Gasteiger partial charge in [0.15, 0.2) is 5.82 Å². The minimum absolute atomic E-state index is 0.0351. The van der Waals surface area contributed by atoms with Gasteiger partial charge in [-0.25, -0.2) is 9.18 Å². The molecule has 1 N–H and O–H groups in total. The largest absolute Gasteiger partial charge is 0.465 e. The lowest BCUT2D eigenvalue weighted by Crippen LogP contribution is -2.04. The normalized spacial score (nSPS) is 10.4. The number of aromatic nitrogens is 3. The summed E-state index contributed by atoms with van der Waals surface area (Å²) in [4.78, 5) is 11.1. The highest BCUT2D eigenvalue weighted by Crippen LogP contribution is 2.17. The van der Waals surface area contributed by atoms with Crippen molar-refractivity contribution < 1.29 is 13.9 Å². The number of nitrogens with zero attached hydrogens (tertiary/aromatic N) is 2. The molecule has 0 fully saturated rings. The summed E-state index contributed by atoms with van der Waals surface area (Å²) in [5.41, 5.74) is 0.331. The lowest BCUT2D eigenvalue weighted by atomic mass is 10.2. The maximum Gasteiger partial charge on any atom is 0.340 e. The van der Waals surface area contributed by atoms with E-state index >= 15 is 0 Å². The number of hydrogen-bond acceptors (Lipinski definition) is 4. The van der Waals surface area contributed by atoms with E-state index in [4.69, 9.17) is 0 Å². The predicted octanol–water partition coefficient (Wildman–Crippen LogP) is 0.884. The number of ether oxygens (including phenoxy) is 1. The molecule has 0 spiro atoms. The predicted molar refractivity (Wildman–Crippen MR) is 45.2 cm³/mol. The van der Waals surface area contributed by atoms with Crippen molar-refractivity contribution in [3.05, 3.63) is 23.5 Å². The SMILES string of the molecule is COC(=O)c1ccc2[nH]nnc2c1F. The van der Waals surface area contributed by atoms with Crippen LogP contribution in [0.2, 0.25) is 0 Å². The number of methoxy groups -OCH3 is 1. The summed E-state index contributed by atoms with van der Waals surface area (Å²) in [6, 6.07) is 2.84. The number of hydrogen-bond donors (Lipinski definition) is 1. The van der Waals surface area contributed by atoms with Crippen molar-refractivity contribution in [2.75, 3.05) is 7.11 Å². The summed E-state index contributed by atoms with van der Waals surface area (Å²) in [6.07, 6.45) is 0. The molecule has 1 aromatic carbocycles. The Kier molecular flexibility index (Phi) is 1.88. The number of esters is 1. The number of aromatic amines is 1. The van der Waals surface area contributed by atoms with E-state index in [1.807, 2.05) is 0 Å². The van der Waals surface area contributed by atoms with E-state index in [1.165, 1.54) is 19.2 Å². The zero-order valence-electron chi connectivity index (χ0n) is 7.24. The monoisotopic (exact) mass is 195 g/mol. The topological polar surface area (TPSA) is 67.9 Å². The van der Waals surface area contributed by atoms with Gasteiger partial charge in [-0.05, 0) is 12.1 Å². The van der Waals surface area contributed by atoms with Crippen molar-refractivity contribution in [2.45, 2.75) is 0 Å². The molecule has 0 unspecified atom stereocenters. The number of benzene rings is 1. The van der Waals surface area contributed by atoms with Gasteiger partial charge in [0.05, 0.1) is 18.2 Å². The van der Waals surface area contributed by atoms with E-state index < -0.39 is 11.8 Å². The van der Waals surface area contributed by atoms with Crippen molar-refractivity contribution in [1.29, 1.82) is 0 Å². The molecule has 1 heterocycles. The highest BCUT2D eigenvalue weighted by molar-refractivity contribution is 5.93. The summed E-state index contributed by atoms with van der Waals surface area (Å²) in [7, 11) is 1.19. The summed E-state index contributed by atoms with van der Waals surface area (Å²) >= 11 is 0. The van der Waals surface area contributed by atoms with E-state index in [0.717, 1.165) is 0 Å². The molecule has 0 radical (unpaired) electrons. The quantitative estimate of drug-likeness (QED) is 0.686. The molecule has 5 nitrogen and oxygen atoms in total. The molecule has 14 heavy (non-hydrogen) atoms. The number of fused-ring (bicyclic) bond motifs is 1. The van der Waals surface area contributed by atoms with Crippen molar-refractivity contribution in [3.63, 3.8) is 0 Å². The van der Waals surface area contributed by atoms with Gasteiger partial charge >= 0.3 is 5.97 Å². The number of carbonyl (C=O) groups is 1. The summed E-state index contributed by atoms with van der Waals surface area (Å²) < 4.78 is 17.9. The van der Waals surface area contributed by atoms with Crippen LogP contribution in [0.5, 0.6) is 0 Å². The third kappa shape index (κ3) is 1.12. The molecule has 0 saturated carbocycles. The summed E-state index contributed by atoms with van der Waals surface area (Å²) in [5, 5.41) is 9.42. The first-order valence-corrected chi connectivity index (χ1v) is 3.81. The fraction of sp³-hybridized carbons (Fsp3) is 0.125. The zero-order valence-corrected chi connectivity index (χ0v) is 7.24. The maximum atomic E-state index is 13.5. The van der Waals surface area contributed by atoms with Crippen LogP contribution >= 0.6 is 0 Å². The van der Waals surface area contributed by atoms with Gasteiger partial charge in [-0.1, -0.05) is 5.21 Å². The Morgan fingerprint density at radius 1 is 1.57 bits per heavy atom. The molecule has 1 aromatic heterocycles. The van der Waals surface area contributed by atoms with Crippen LogP contribution in [0.4, 0.5) is 4.39 Å². The second kappa shape index (κ2) is 3.06. The van der Waals surface area contributed by atoms with Crippen LogP contribution in [-0.2, 0) is 4.74 Å². The number of rotatable bonds is 1. The lowest BCUT2D eigenvalue weighted by molar-refractivity contribution is 0.0596. The lowest BCUT2D eigenvalue weighted by Gasteiger charge is -1.99. The van der Waals surface area contributed by atoms with E-state index in [2.05, 4.69) is 20.1 Å². The van der Waals surface area contributed by atoms with Gasteiger partial charge in [-0.2, -0.15) is 0 Å².